The second-order valence-corrected chi connectivity index (χ2v) is 6.11. The van der Waals surface area contributed by atoms with Gasteiger partial charge >= 0.3 is 17.7 Å². The number of nitrogens with one attached hydrogen (secondary N) is 1. The quantitative estimate of drug-likeness (QED) is 0.474. The molecule has 0 atom stereocenters. The van der Waals surface area contributed by atoms with Gasteiger partial charge in [0.2, 0.25) is 5.75 Å². The number of nitrogens with zero attached hydrogens (tertiary/aromatic N) is 1. The predicted molar refractivity (Wildman–Crippen MR) is 89.8 cm³/mol. The molecule has 0 saturated carbocycles. The molecule has 0 aliphatic rings. The van der Waals surface area contributed by atoms with Crippen LogP contribution in [-0.4, -0.2) is 36.8 Å². The van der Waals surface area contributed by atoms with E-state index in [1.54, 1.807) is 20.8 Å². The molecule has 0 saturated heterocycles. The minimum absolute atomic E-state index is 0.0421. The zero-order valence-corrected chi connectivity index (χ0v) is 14.9. The molecule has 0 heterocycles. The van der Waals surface area contributed by atoms with Crippen molar-refractivity contribution in [3.8, 4) is 5.75 Å². The van der Waals surface area contributed by atoms with Crippen molar-refractivity contribution in [2.24, 2.45) is 0 Å². The number of anilines is 1. The van der Waals surface area contributed by atoms with Crippen LogP contribution in [0.3, 0.4) is 0 Å². The van der Waals surface area contributed by atoms with Gasteiger partial charge in [0, 0.05) is 12.5 Å². The monoisotopic (exact) mass is 354 g/mol. The highest BCUT2D eigenvalue weighted by Crippen LogP contribution is 2.38. The Morgan fingerprint density at radius 2 is 1.88 bits per heavy atom. The number of hydrogen-bond donors (Lipinski definition) is 1. The van der Waals surface area contributed by atoms with Crippen molar-refractivity contribution in [3.05, 3.63) is 27.8 Å². The van der Waals surface area contributed by atoms with Crippen LogP contribution in [0.25, 0.3) is 0 Å². The molecule has 0 unspecified atom stereocenters. The van der Waals surface area contributed by atoms with Gasteiger partial charge in [0.25, 0.3) is 0 Å². The summed E-state index contributed by atoms with van der Waals surface area (Å²) in [5.74, 6) is -0.557. The standard InChI is InChI=1S/C16H22N2O7/c1-16(2,3)25-15(20)17-13-10(7-9-12(19)23-4)6-8-11(18(21)22)14(13)24-5/h6,8H,7,9H2,1-5H3,(H,17,20). The third kappa shape index (κ3) is 5.94. The van der Waals surface area contributed by atoms with E-state index in [0.29, 0.717) is 5.56 Å². The number of esters is 1. The van der Waals surface area contributed by atoms with Crippen molar-refractivity contribution in [3.63, 3.8) is 0 Å². The van der Waals surface area contributed by atoms with Crippen LogP contribution in [0.4, 0.5) is 16.2 Å². The zero-order chi connectivity index (χ0) is 19.2. The molecule has 1 rings (SSSR count). The van der Waals surface area contributed by atoms with Gasteiger partial charge in [0.15, 0.2) is 0 Å². The van der Waals surface area contributed by atoms with Gasteiger partial charge in [0.1, 0.15) is 5.60 Å². The Kier molecular flexibility index (Phi) is 6.72. The molecule has 0 radical (unpaired) electrons. The highest BCUT2D eigenvalue weighted by Gasteiger charge is 2.25. The number of nitro benzene ring substituents is 1. The Bertz CT molecular complexity index is 665. The van der Waals surface area contributed by atoms with Gasteiger partial charge < -0.3 is 14.2 Å². The van der Waals surface area contributed by atoms with Gasteiger partial charge in [-0.3, -0.25) is 20.2 Å². The third-order valence-electron chi connectivity index (χ3n) is 3.08. The fraction of sp³-hybridized carbons (Fsp3) is 0.500. The topological polar surface area (TPSA) is 117 Å². The second-order valence-electron chi connectivity index (χ2n) is 6.11. The lowest BCUT2D eigenvalue weighted by atomic mass is 10.1. The van der Waals surface area contributed by atoms with E-state index < -0.39 is 22.6 Å². The van der Waals surface area contributed by atoms with Crippen molar-refractivity contribution in [2.75, 3.05) is 19.5 Å². The first-order chi connectivity index (χ1) is 11.6. The Morgan fingerprint density at radius 1 is 1.24 bits per heavy atom. The fourth-order valence-electron chi connectivity index (χ4n) is 2.05. The molecule has 1 amide bonds. The third-order valence-corrected chi connectivity index (χ3v) is 3.08. The van der Waals surface area contributed by atoms with Gasteiger partial charge in [-0.1, -0.05) is 0 Å². The van der Waals surface area contributed by atoms with Crippen LogP contribution >= 0.6 is 0 Å². The molecule has 25 heavy (non-hydrogen) atoms. The van der Waals surface area contributed by atoms with Crippen molar-refractivity contribution in [1.82, 2.24) is 0 Å². The molecule has 1 aromatic carbocycles. The molecule has 0 fully saturated rings. The lowest BCUT2D eigenvalue weighted by Gasteiger charge is -2.21. The Hall–Kier alpha value is -2.84. The number of amides is 1. The summed E-state index contributed by atoms with van der Waals surface area (Å²) in [6, 6.07) is 2.71. The normalized spacial score (nSPS) is 10.8. The number of nitro groups is 1. The number of carbonyl (C=O) groups is 2. The van der Waals surface area contributed by atoms with Crippen LogP contribution in [0.2, 0.25) is 0 Å². The van der Waals surface area contributed by atoms with Gasteiger partial charge in [-0.2, -0.15) is 0 Å². The number of methoxy groups -OCH3 is 2. The highest BCUT2D eigenvalue weighted by atomic mass is 16.6. The van der Waals surface area contributed by atoms with Crippen LogP contribution in [0.1, 0.15) is 32.8 Å². The fourth-order valence-corrected chi connectivity index (χ4v) is 2.05. The minimum atomic E-state index is -0.786. The maximum atomic E-state index is 12.1. The molecule has 0 aromatic heterocycles. The summed E-state index contributed by atoms with van der Waals surface area (Å²) < 4.78 is 14.9. The van der Waals surface area contributed by atoms with E-state index in [4.69, 9.17) is 9.47 Å². The van der Waals surface area contributed by atoms with Gasteiger partial charge in [-0.05, 0) is 38.8 Å². The van der Waals surface area contributed by atoms with Crippen LogP contribution in [0.15, 0.2) is 12.1 Å². The van der Waals surface area contributed by atoms with E-state index in [9.17, 15) is 19.7 Å². The average Bonchev–Trinajstić information content (AvgIpc) is 2.50. The molecule has 0 bridgehead atoms. The molecule has 138 valence electrons. The number of aryl methyl sites for hydroxylation is 1. The summed E-state index contributed by atoms with van der Waals surface area (Å²) in [5.41, 5.74) is -0.478. The molecular formula is C16H22N2O7. The van der Waals surface area contributed by atoms with Crippen LogP contribution < -0.4 is 10.1 Å². The van der Waals surface area contributed by atoms with Crippen molar-refractivity contribution >= 4 is 23.4 Å². The summed E-state index contributed by atoms with van der Waals surface area (Å²) in [7, 11) is 2.52. The van der Waals surface area contributed by atoms with E-state index in [-0.39, 0.29) is 30.0 Å². The summed E-state index contributed by atoms with van der Waals surface area (Å²) in [4.78, 5) is 34.0. The van der Waals surface area contributed by atoms with E-state index in [0.717, 1.165) is 0 Å². The van der Waals surface area contributed by atoms with Crippen LogP contribution in [0, 0.1) is 10.1 Å². The number of benzene rings is 1. The van der Waals surface area contributed by atoms with Crippen LogP contribution in [-0.2, 0) is 20.7 Å². The maximum Gasteiger partial charge on any atom is 0.412 e. The van der Waals surface area contributed by atoms with Gasteiger partial charge in [-0.25, -0.2) is 4.79 Å². The van der Waals surface area contributed by atoms with E-state index in [1.807, 2.05) is 0 Å². The first kappa shape index (κ1) is 20.2. The SMILES string of the molecule is COC(=O)CCc1ccc([N+](=O)[O-])c(OC)c1NC(=O)OC(C)(C)C. The number of carbonyl (C=O) groups excluding carboxylic acids is 2. The molecule has 0 aliphatic carbocycles. The smallest absolute Gasteiger partial charge is 0.412 e. The van der Waals surface area contributed by atoms with Crippen LogP contribution in [0.5, 0.6) is 5.75 Å². The zero-order valence-electron chi connectivity index (χ0n) is 14.9. The maximum absolute atomic E-state index is 12.1. The minimum Gasteiger partial charge on any atom is -0.489 e. The molecule has 0 aliphatic heterocycles. The Balaban J connectivity index is 3.25. The van der Waals surface area contributed by atoms with E-state index in [2.05, 4.69) is 10.1 Å². The molecule has 1 N–H and O–H groups in total. The van der Waals surface area contributed by atoms with Crippen molar-refractivity contribution < 1.29 is 28.7 Å². The van der Waals surface area contributed by atoms with Gasteiger partial charge in [0.05, 0.1) is 24.8 Å². The molecular weight excluding hydrogens is 332 g/mol. The first-order valence-electron chi connectivity index (χ1n) is 7.50. The number of ether oxygens (including phenoxy) is 3. The molecule has 0 spiro atoms. The number of hydrogen-bond acceptors (Lipinski definition) is 7. The molecule has 1 aromatic rings. The summed E-state index contributed by atoms with van der Waals surface area (Å²) in [5, 5.41) is 13.7. The Labute approximate surface area is 145 Å². The lowest BCUT2D eigenvalue weighted by Crippen LogP contribution is -2.27. The van der Waals surface area contributed by atoms with Crippen molar-refractivity contribution in [1.29, 1.82) is 0 Å². The van der Waals surface area contributed by atoms with Crippen molar-refractivity contribution in [2.45, 2.75) is 39.2 Å². The highest BCUT2D eigenvalue weighted by molar-refractivity contribution is 5.90. The summed E-state index contributed by atoms with van der Waals surface area (Å²) in [6.07, 6.45) is -0.544. The first-order valence-corrected chi connectivity index (χ1v) is 7.50. The predicted octanol–water partition coefficient (Wildman–Crippen LogP) is 3.06. The van der Waals surface area contributed by atoms with E-state index in [1.165, 1.54) is 26.4 Å². The number of rotatable bonds is 6. The molecule has 9 heteroatoms. The summed E-state index contributed by atoms with van der Waals surface area (Å²) in [6.45, 7) is 5.07. The second kappa shape index (κ2) is 8.32. The lowest BCUT2D eigenvalue weighted by molar-refractivity contribution is -0.385. The molecule has 9 nitrogen and oxygen atoms in total. The summed E-state index contributed by atoms with van der Waals surface area (Å²) >= 11 is 0. The largest absolute Gasteiger partial charge is 0.489 e. The average molecular weight is 354 g/mol. The van der Waals surface area contributed by atoms with E-state index >= 15 is 0 Å². The Morgan fingerprint density at radius 3 is 2.36 bits per heavy atom. The van der Waals surface area contributed by atoms with Gasteiger partial charge in [-0.15, -0.1) is 0 Å².